The first kappa shape index (κ1) is 12.4. The summed E-state index contributed by atoms with van der Waals surface area (Å²) in [6, 6.07) is 4.16. The van der Waals surface area contributed by atoms with Crippen LogP contribution in [0.5, 0.6) is 0 Å². The molecule has 2 aromatic rings. The summed E-state index contributed by atoms with van der Waals surface area (Å²) in [5.74, 6) is 0. The van der Waals surface area contributed by atoms with Crippen LogP contribution in [0.2, 0.25) is 0 Å². The van der Waals surface area contributed by atoms with Crippen LogP contribution >= 0.6 is 0 Å². The summed E-state index contributed by atoms with van der Waals surface area (Å²) in [6.45, 7) is 6.56. The zero-order valence-corrected chi connectivity index (χ0v) is 11.4. The van der Waals surface area contributed by atoms with Gasteiger partial charge in [0.25, 0.3) is 0 Å². The predicted molar refractivity (Wildman–Crippen MR) is 75.3 cm³/mol. The molecule has 5 nitrogen and oxygen atoms in total. The highest BCUT2D eigenvalue weighted by Crippen LogP contribution is 2.21. The molecule has 2 unspecified atom stereocenters. The number of hydrogen-bond donors (Lipinski definition) is 1. The van der Waals surface area contributed by atoms with E-state index in [2.05, 4.69) is 36.0 Å². The molecule has 5 heteroatoms. The van der Waals surface area contributed by atoms with E-state index in [1.807, 2.05) is 16.7 Å². The van der Waals surface area contributed by atoms with Gasteiger partial charge in [-0.25, -0.2) is 4.98 Å². The van der Waals surface area contributed by atoms with Crippen molar-refractivity contribution in [2.75, 3.05) is 18.0 Å². The van der Waals surface area contributed by atoms with Crippen molar-refractivity contribution >= 4 is 11.3 Å². The second-order valence-corrected chi connectivity index (χ2v) is 5.25. The first-order valence-corrected chi connectivity index (χ1v) is 6.74. The maximum atomic E-state index is 5.77. The summed E-state index contributed by atoms with van der Waals surface area (Å²) in [4.78, 5) is 6.80. The molecule has 2 atom stereocenters. The number of aromatic nitrogens is 2. The molecule has 0 aliphatic carbocycles. The Morgan fingerprint density at radius 2 is 2.00 bits per heavy atom. The average Bonchev–Trinajstić information content (AvgIpc) is 2.79. The van der Waals surface area contributed by atoms with Crippen LogP contribution in [-0.4, -0.2) is 34.7 Å². The maximum absolute atomic E-state index is 5.77. The Bertz CT molecular complexity index is 570. The maximum Gasteiger partial charge on any atom is 0.137 e. The molecular weight excluding hydrogens is 240 g/mol. The number of anilines is 1. The molecule has 1 fully saturated rings. The zero-order valence-electron chi connectivity index (χ0n) is 11.4. The molecule has 0 amide bonds. The second-order valence-electron chi connectivity index (χ2n) is 5.25. The molecule has 3 rings (SSSR count). The van der Waals surface area contributed by atoms with E-state index in [-0.39, 0.29) is 12.2 Å². The quantitative estimate of drug-likeness (QED) is 0.887. The van der Waals surface area contributed by atoms with Crippen LogP contribution in [0.4, 0.5) is 5.69 Å². The van der Waals surface area contributed by atoms with E-state index in [9.17, 15) is 0 Å². The third-order valence-electron chi connectivity index (χ3n) is 3.48. The highest BCUT2D eigenvalue weighted by Gasteiger charge is 2.22. The van der Waals surface area contributed by atoms with Gasteiger partial charge < -0.3 is 19.8 Å². The van der Waals surface area contributed by atoms with Crippen LogP contribution in [0.3, 0.4) is 0 Å². The van der Waals surface area contributed by atoms with E-state index < -0.39 is 0 Å². The Morgan fingerprint density at radius 1 is 1.26 bits per heavy atom. The lowest BCUT2D eigenvalue weighted by molar-refractivity contribution is -0.00523. The fraction of sp³-hybridized carbons (Fsp3) is 0.500. The largest absolute Gasteiger partial charge is 0.372 e. The van der Waals surface area contributed by atoms with E-state index in [0.717, 1.165) is 24.4 Å². The molecule has 0 radical (unpaired) electrons. The Hall–Kier alpha value is -1.59. The molecule has 2 aromatic heterocycles. The molecule has 2 N–H and O–H groups in total. The van der Waals surface area contributed by atoms with Crippen LogP contribution in [0.1, 0.15) is 19.5 Å². The van der Waals surface area contributed by atoms with Crippen molar-refractivity contribution in [3.05, 3.63) is 30.2 Å². The fourth-order valence-corrected chi connectivity index (χ4v) is 2.71. The number of ether oxygens (including phenoxy) is 1. The number of fused-ring (bicyclic) bond motifs is 1. The Morgan fingerprint density at radius 3 is 2.68 bits per heavy atom. The van der Waals surface area contributed by atoms with Gasteiger partial charge in [-0.1, -0.05) is 0 Å². The molecule has 1 aliphatic heterocycles. The average molecular weight is 260 g/mol. The standard InChI is InChI=1S/C14H20N4O/c1-10-6-17(7-11(2)19-10)13-3-4-14-16-12(5-15)8-18(14)9-13/h3-4,8-11H,5-7,15H2,1-2H3. The fourth-order valence-electron chi connectivity index (χ4n) is 2.71. The van der Waals surface area contributed by atoms with Crippen LogP contribution in [0.25, 0.3) is 5.65 Å². The highest BCUT2D eigenvalue weighted by molar-refractivity contribution is 5.53. The third-order valence-corrected chi connectivity index (χ3v) is 3.48. The normalized spacial score (nSPS) is 24.1. The molecule has 102 valence electrons. The molecule has 1 aliphatic rings. The topological polar surface area (TPSA) is 55.8 Å². The lowest BCUT2D eigenvalue weighted by Crippen LogP contribution is -2.45. The molecule has 0 saturated carbocycles. The smallest absolute Gasteiger partial charge is 0.137 e. The molecule has 3 heterocycles. The number of morpholine rings is 1. The minimum Gasteiger partial charge on any atom is -0.372 e. The van der Waals surface area contributed by atoms with Gasteiger partial charge in [-0.15, -0.1) is 0 Å². The monoisotopic (exact) mass is 260 g/mol. The first-order valence-electron chi connectivity index (χ1n) is 6.74. The van der Waals surface area contributed by atoms with E-state index in [0.29, 0.717) is 6.54 Å². The molecule has 0 spiro atoms. The van der Waals surface area contributed by atoms with Gasteiger partial charge in [0.1, 0.15) is 5.65 Å². The summed E-state index contributed by atoms with van der Waals surface area (Å²) < 4.78 is 7.81. The molecule has 1 saturated heterocycles. The SMILES string of the molecule is CC1CN(c2ccc3nc(CN)cn3c2)CC(C)O1. The first-order chi connectivity index (χ1) is 9.15. The van der Waals surface area contributed by atoms with Crippen molar-refractivity contribution in [1.29, 1.82) is 0 Å². The van der Waals surface area contributed by atoms with Gasteiger partial charge in [-0.3, -0.25) is 0 Å². The number of nitrogens with two attached hydrogens (primary N) is 1. The van der Waals surface area contributed by atoms with Crippen molar-refractivity contribution in [2.45, 2.75) is 32.6 Å². The summed E-state index contributed by atoms with van der Waals surface area (Å²) in [6.07, 6.45) is 4.64. The molecule has 0 aromatic carbocycles. The van der Waals surface area contributed by atoms with Crippen molar-refractivity contribution in [3.63, 3.8) is 0 Å². The van der Waals surface area contributed by atoms with Crippen molar-refractivity contribution in [3.8, 4) is 0 Å². The van der Waals surface area contributed by atoms with Crippen LogP contribution in [0.15, 0.2) is 24.5 Å². The minimum absolute atomic E-state index is 0.266. The summed E-state index contributed by atoms with van der Waals surface area (Å²) in [7, 11) is 0. The summed E-state index contributed by atoms with van der Waals surface area (Å²) >= 11 is 0. The predicted octanol–water partition coefficient (Wildman–Crippen LogP) is 1.41. The van der Waals surface area contributed by atoms with Gasteiger partial charge in [0.05, 0.1) is 23.6 Å². The molecule has 19 heavy (non-hydrogen) atoms. The van der Waals surface area contributed by atoms with E-state index in [1.165, 1.54) is 5.69 Å². The summed E-state index contributed by atoms with van der Waals surface area (Å²) in [5, 5.41) is 0. The van der Waals surface area contributed by atoms with Gasteiger partial charge in [0.15, 0.2) is 0 Å². The zero-order chi connectivity index (χ0) is 13.4. The number of pyridine rings is 1. The van der Waals surface area contributed by atoms with Gasteiger partial charge in [0, 0.05) is 32.0 Å². The molecular formula is C14H20N4O. The number of rotatable bonds is 2. The van der Waals surface area contributed by atoms with Gasteiger partial charge in [-0.05, 0) is 26.0 Å². The van der Waals surface area contributed by atoms with Crippen molar-refractivity contribution in [1.82, 2.24) is 9.38 Å². The van der Waals surface area contributed by atoms with Gasteiger partial charge in [0.2, 0.25) is 0 Å². The number of imidazole rings is 1. The Labute approximate surface area is 113 Å². The number of nitrogens with zero attached hydrogens (tertiary/aromatic N) is 3. The Kier molecular flexibility index (Phi) is 3.16. The minimum atomic E-state index is 0.266. The van der Waals surface area contributed by atoms with E-state index in [4.69, 9.17) is 10.5 Å². The third kappa shape index (κ3) is 2.43. The lowest BCUT2D eigenvalue weighted by Gasteiger charge is -2.36. The Balaban J connectivity index is 1.91. The highest BCUT2D eigenvalue weighted by atomic mass is 16.5. The van der Waals surface area contributed by atoms with Crippen LogP contribution in [-0.2, 0) is 11.3 Å². The number of hydrogen-bond acceptors (Lipinski definition) is 4. The van der Waals surface area contributed by atoms with Crippen molar-refractivity contribution in [2.24, 2.45) is 5.73 Å². The lowest BCUT2D eigenvalue weighted by atomic mass is 10.2. The van der Waals surface area contributed by atoms with E-state index in [1.54, 1.807) is 0 Å². The van der Waals surface area contributed by atoms with E-state index >= 15 is 0 Å². The molecule has 0 bridgehead atoms. The van der Waals surface area contributed by atoms with Crippen molar-refractivity contribution < 1.29 is 4.74 Å². The van der Waals surface area contributed by atoms with Crippen LogP contribution in [0, 0.1) is 0 Å². The van der Waals surface area contributed by atoms with Crippen LogP contribution < -0.4 is 10.6 Å². The van der Waals surface area contributed by atoms with Gasteiger partial charge in [-0.2, -0.15) is 0 Å². The summed E-state index contributed by atoms with van der Waals surface area (Å²) in [5.41, 5.74) is 8.69. The van der Waals surface area contributed by atoms with Gasteiger partial charge >= 0.3 is 0 Å². The second kappa shape index (κ2) is 4.83.